The number of rotatable bonds is 8. The number of carbonyl (C=O) groups is 2. The Balaban J connectivity index is 1.76. The van der Waals surface area contributed by atoms with E-state index in [1.165, 1.54) is 20.5 Å². The Morgan fingerprint density at radius 2 is 1.61 bits per heavy atom. The summed E-state index contributed by atoms with van der Waals surface area (Å²) in [6.07, 6.45) is 1.31. The first-order valence-electron chi connectivity index (χ1n) is 9.52. The molecule has 0 N–H and O–H groups in total. The highest BCUT2D eigenvalue weighted by Gasteiger charge is 2.18. The van der Waals surface area contributed by atoms with E-state index in [1.807, 2.05) is 12.1 Å². The molecule has 3 aromatic carbocycles. The number of carbonyl (C=O) groups excluding carboxylic acids is 2. The van der Waals surface area contributed by atoms with Gasteiger partial charge in [0.25, 0.3) is 0 Å². The van der Waals surface area contributed by atoms with Gasteiger partial charge in [0, 0.05) is 5.56 Å². The SMILES string of the molecule is CO/C=C(/C(=O)OC)c1ccccc1Oc1cccc(COC(=O)c2ccccc2)c1. The minimum Gasteiger partial charge on any atom is -0.503 e. The predicted octanol–water partition coefficient (Wildman–Crippen LogP) is 5.00. The number of methoxy groups -OCH3 is 2. The Morgan fingerprint density at radius 3 is 2.35 bits per heavy atom. The molecule has 0 aliphatic rings. The van der Waals surface area contributed by atoms with E-state index in [9.17, 15) is 9.59 Å². The third-order valence-corrected chi connectivity index (χ3v) is 4.32. The first-order chi connectivity index (χ1) is 15.1. The predicted molar refractivity (Wildman–Crippen MR) is 116 cm³/mol. The molecule has 0 heterocycles. The topological polar surface area (TPSA) is 71.1 Å². The average molecular weight is 418 g/mol. The van der Waals surface area contributed by atoms with Gasteiger partial charge in [0.05, 0.1) is 26.0 Å². The Kier molecular flexibility index (Phi) is 7.43. The van der Waals surface area contributed by atoms with Crippen LogP contribution >= 0.6 is 0 Å². The molecule has 158 valence electrons. The maximum Gasteiger partial charge on any atom is 0.341 e. The summed E-state index contributed by atoms with van der Waals surface area (Å²) in [5.74, 6) is 0.0427. The fraction of sp³-hybridized carbons (Fsp3) is 0.120. The molecule has 3 aromatic rings. The van der Waals surface area contributed by atoms with E-state index >= 15 is 0 Å². The van der Waals surface area contributed by atoms with Crippen LogP contribution in [-0.2, 0) is 25.6 Å². The lowest BCUT2D eigenvalue weighted by Crippen LogP contribution is -2.06. The Hall–Kier alpha value is -4.06. The maximum atomic E-state index is 12.2. The highest BCUT2D eigenvalue weighted by Crippen LogP contribution is 2.31. The molecule has 0 spiro atoms. The molecule has 0 fully saturated rings. The summed E-state index contributed by atoms with van der Waals surface area (Å²) in [6.45, 7) is 0.101. The molecule has 0 bridgehead atoms. The molecule has 0 aromatic heterocycles. The lowest BCUT2D eigenvalue weighted by Gasteiger charge is -2.13. The molecule has 31 heavy (non-hydrogen) atoms. The van der Waals surface area contributed by atoms with E-state index in [-0.39, 0.29) is 12.2 Å². The number of ether oxygens (including phenoxy) is 4. The van der Waals surface area contributed by atoms with Crippen molar-refractivity contribution in [3.8, 4) is 11.5 Å². The highest BCUT2D eigenvalue weighted by atomic mass is 16.5. The van der Waals surface area contributed by atoms with Gasteiger partial charge in [0.2, 0.25) is 0 Å². The Bertz CT molecular complexity index is 1070. The summed E-state index contributed by atoms with van der Waals surface area (Å²) in [4.78, 5) is 24.3. The molecule has 0 saturated heterocycles. The average Bonchev–Trinajstić information content (AvgIpc) is 2.82. The van der Waals surface area contributed by atoms with Crippen LogP contribution in [0.25, 0.3) is 5.57 Å². The maximum absolute atomic E-state index is 12.2. The van der Waals surface area contributed by atoms with Crippen molar-refractivity contribution < 1.29 is 28.5 Å². The van der Waals surface area contributed by atoms with E-state index < -0.39 is 11.9 Å². The summed E-state index contributed by atoms with van der Waals surface area (Å²) in [6, 6.07) is 23.0. The fourth-order valence-electron chi connectivity index (χ4n) is 2.86. The van der Waals surface area contributed by atoms with Crippen LogP contribution in [-0.4, -0.2) is 26.2 Å². The van der Waals surface area contributed by atoms with Gasteiger partial charge in [-0.3, -0.25) is 0 Å². The number of benzene rings is 3. The van der Waals surface area contributed by atoms with Crippen LogP contribution in [0, 0.1) is 0 Å². The molecule has 0 unspecified atom stereocenters. The summed E-state index contributed by atoms with van der Waals surface area (Å²) < 4.78 is 21.3. The molecule has 0 aliphatic heterocycles. The number of esters is 2. The van der Waals surface area contributed by atoms with E-state index in [0.717, 1.165) is 5.56 Å². The number of hydrogen-bond acceptors (Lipinski definition) is 6. The van der Waals surface area contributed by atoms with Crippen LogP contribution in [0.2, 0.25) is 0 Å². The van der Waals surface area contributed by atoms with Crippen LogP contribution in [0.3, 0.4) is 0 Å². The van der Waals surface area contributed by atoms with Gasteiger partial charge in [0.1, 0.15) is 23.7 Å². The number of hydrogen-bond donors (Lipinski definition) is 0. The molecule has 0 aliphatic carbocycles. The van der Waals surface area contributed by atoms with E-state index in [0.29, 0.717) is 22.6 Å². The van der Waals surface area contributed by atoms with Gasteiger partial charge in [-0.2, -0.15) is 0 Å². The van der Waals surface area contributed by atoms with Gasteiger partial charge >= 0.3 is 11.9 Å². The van der Waals surface area contributed by atoms with Crippen molar-refractivity contribution in [2.75, 3.05) is 14.2 Å². The minimum absolute atomic E-state index is 0.101. The normalized spacial score (nSPS) is 10.8. The van der Waals surface area contributed by atoms with Crippen molar-refractivity contribution in [3.05, 3.63) is 102 Å². The molecular formula is C25H22O6. The van der Waals surface area contributed by atoms with Crippen molar-refractivity contribution in [3.63, 3.8) is 0 Å². The summed E-state index contributed by atoms with van der Waals surface area (Å²) >= 11 is 0. The van der Waals surface area contributed by atoms with Crippen molar-refractivity contribution >= 4 is 17.5 Å². The summed E-state index contributed by atoms with van der Waals surface area (Å²) in [7, 11) is 2.75. The van der Waals surface area contributed by atoms with Gasteiger partial charge < -0.3 is 18.9 Å². The second kappa shape index (κ2) is 10.6. The van der Waals surface area contributed by atoms with Crippen molar-refractivity contribution in [2.24, 2.45) is 0 Å². The van der Waals surface area contributed by atoms with E-state index in [2.05, 4.69) is 0 Å². The third kappa shape index (κ3) is 5.73. The smallest absolute Gasteiger partial charge is 0.341 e. The molecular weight excluding hydrogens is 396 g/mol. The quantitative estimate of drug-likeness (QED) is 0.291. The van der Waals surface area contributed by atoms with Gasteiger partial charge in [-0.15, -0.1) is 0 Å². The van der Waals surface area contributed by atoms with Gasteiger partial charge in [-0.1, -0.05) is 48.5 Å². The highest BCUT2D eigenvalue weighted by molar-refractivity contribution is 6.17. The fourth-order valence-corrected chi connectivity index (χ4v) is 2.86. The van der Waals surface area contributed by atoms with Gasteiger partial charge in [-0.25, -0.2) is 9.59 Å². The molecule has 6 nitrogen and oxygen atoms in total. The largest absolute Gasteiger partial charge is 0.503 e. The van der Waals surface area contributed by atoms with Crippen LogP contribution in [0.5, 0.6) is 11.5 Å². The van der Waals surface area contributed by atoms with Crippen LogP contribution in [0.1, 0.15) is 21.5 Å². The Labute approximate surface area is 180 Å². The number of para-hydroxylation sites is 1. The monoisotopic (exact) mass is 418 g/mol. The molecule has 0 atom stereocenters. The molecule has 0 amide bonds. The van der Waals surface area contributed by atoms with Gasteiger partial charge in [-0.05, 0) is 35.9 Å². The minimum atomic E-state index is -0.542. The second-order valence-corrected chi connectivity index (χ2v) is 6.45. The summed E-state index contributed by atoms with van der Waals surface area (Å²) in [5, 5.41) is 0. The van der Waals surface area contributed by atoms with Crippen molar-refractivity contribution in [1.29, 1.82) is 0 Å². The van der Waals surface area contributed by atoms with Gasteiger partial charge in [0.15, 0.2) is 0 Å². The molecule has 3 rings (SSSR count). The standard InChI is InChI=1S/C25H22O6/c1-28-17-22(25(27)29-2)21-13-6-7-14-23(21)31-20-12-8-9-18(15-20)16-30-24(26)19-10-4-3-5-11-19/h3-15,17H,16H2,1-2H3/b22-17+. The van der Waals surface area contributed by atoms with Crippen molar-refractivity contribution in [1.82, 2.24) is 0 Å². The zero-order valence-electron chi connectivity index (χ0n) is 17.2. The summed E-state index contributed by atoms with van der Waals surface area (Å²) in [5.41, 5.74) is 2.01. The molecule has 6 heteroatoms. The lowest BCUT2D eigenvalue weighted by molar-refractivity contribution is -0.133. The van der Waals surface area contributed by atoms with Crippen LogP contribution < -0.4 is 4.74 Å². The molecule has 0 radical (unpaired) electrons. The van der Waals surface area contributed by atoms with Crippen LogP contribution in [0.4, 0.5) is 0 Å². The van der Waals surface area contributed by atoms with Crippen LogP contribution in [0.15, 0.2) is 85.1 Å². The third-order valence-electron chi connectivity index (χ3n) is 4.32. The Morgan fingerprint density at radius 1 is 0.871 bits per heavy atom. The van der Waals surface area contributed by atoms with E-state index in [1.54, 1.807) is 66.7 Å². The zero-order valence-corrected chi connectivity index (χ0v) is 17.2. The zero-order chi connectivity index (χ0) is 22.1. The van der Waals surface area contributed by atoms with Crippen molar-refractivity contribution in [2.45, 2.75) is 6.61 Å². The lowest BCUT2D eigenvalue weighted by atomic mass is 10.1. The first kappa shape index (κ1) is 21.6. The first-order valence-corrected chi connectivity index (χ1v) is 9.52. The molecule has 0 saturated carbocycles. The second-order valence-electron chi connectivity index (χ2n) is 6.45. The van der Waals surface area contributed by atoms with E-state index in [4.69, 9.17) is 18.9 Å².